The molecule has 4 heteroatoms. The van der Waals surface area contributed by atoms with Crippen LogP contribution in [0.5, 0.6) is 5.75 Å². The Morgan fingerprint density at radius 2 is 2.20 bits per heavy atom. The Kier molecular flexibility index (Phi) is 6.39. The van der Waals surface area contributed by atoms with E-state index in [0.717, 1.165) is 30.2 Å². The van der Waals surface area contributed by atoms with Crippen molar-refractivity contribution in [2.45, 2.75) is 33.1 Å². The van der Waals surface area contributed by atoms with E-state index < -0.39 is 5.83 Å². The van der Waals surface area contributed by atoms with Crippen LogP contribution in [0.2, 0.25) is 0 Å². The molecule has 1 heterocycles. The topological polar surface area (TPSA) is 37.3 Å². The highest BCUT2D eigenvalue weighted by molar-refractivity contribution is 7.15. The van der Waals surface area contributed by atoms with Crippen LogP contribution in [-0.2, 0) is 0 Å². The summed E-state index contributed by atoms with van der Waals surface area (Å²) in [5, 5.41) is 9.85. The molecule has 0 unspecified atom stereocenters. The molecular weight excluding hydrogens is 275 g/mol. The van der Waals surface area contributed by atoms with E-state index in [9.17, 15) is 14.3 Å². The van der Waals surface area contributed by atoms with Crippen LogP contribution in [0.4, 0.5) is 4.39 Å². The smallest absolute Gasteiger partial charge is 0.163 e. The van der Waals surface area contributed by atoms with Crippen molar-refractivity contribution in [3.63, 3.8) is 0 Å². The van der Waals surface area contributed by atoms with Gasteiger partial charge in [-0.05, 0) is 31.1 Å². The summed E-state index contributed by atoms with van der Waals surface area (Å²) in [6.07, 6.45) is 7.94. The number of unbranched alkanes of at least 4 members (excludes halogenated alkanes) is 2. The molecule has 0 amide bonds. The lowest BCUT2D eigenvalue weighted by Crippen LogP contribution is -1.82. The van der Waals surface area contributed by atoms with Gasteiger partial charge in [0.05, 0.1) is 0 Å². The summed E-state index contributed by atoms with van der Waals surface area (Å²) in [6, 6.07) is 0. The van der Waals surface area contributed by atoms with Gasteiger partial charge in [0, 0.05) is 10.4 Å². The molecule has 0 saturated heterocycles. The Hall–Kier alpha value is -1.68. The summed E-state index contributed by atoms with van der Waals surface area (Å²) >= 11 is 1.17. The number of carbonyl (C=O) groups is 1. The molecule has 1 rings (SSSR count). The second kappa shape index (κ2) is 7.80. The molecule has 20 heavy (non-hydrogen) atoms. The highest BCUT2D eigenvalue weighted by Crippen LogP contribution is 2.38. The van der Waals surface area contributed by atoms with Gasteiger partial charge in [-0.3, -0.25) is 4.79 Å². The van der Waals surface area contributed by atoms with E-state index in [1.54, 1.807) is 6.92 Å². The number of allylic oxidation sites excluding steroid dienone is 5. The molecule has 108 valence electrons. The average molecular weight is 294 g/mol. The quantitative estimate of drug-likeness (QED) is 0.427. The van der Waals surface area contributed by atoms with Crippen molar-refractivity contribution >= 4 is 23.2 Å². The van der Waals surface area contributed by atoms with Gasteiger partial charge in [-0.25, -0.2) is 4.39 Å². The minimum Gasteiger partial charge on any atom is -0.506 e. The second-order valence-corrected chi connectivity index (χ2v) is 5.47. The van der Waals surface area contributed by atoms with Crippen LogP contribution in [0.3, 0.4) is 0 Å². The molecule has 0 bridgehead atoms. The van der Waals surface area contributed by atoms with Gasteiger partial charge in [-0.15, -0.1) is 11.3 Å². The van der Waals surface area contributed by atoms with Gasteiger partial charge in [0.15, 0.2) is 6.29 Å². The van der Waals surface area contributed by atoms with Crippen molar-refractivity contribution in [2.75, 3.05) is 0 Å². The first-order chi connectivity index (χ1) is 9.54. The largest absolute Gasteiger partial charge is 0.506 e. The Balaban J connectivity index is 3.26. The lowest BCUT2D eigenvalue weighted by atomic mass is 10.1. The van der Waals surface area contributed by atoms with Crippen LogP contribution >= 0.6 is 11.3 Å². The third kappa shape index (κ3) is 3.90. The SMILES string of the molecule is C=C/C(F)=C\C(=C/CCCC)c1sc(C=O)c(O)c1C. The fourth-order valence-electron chi connectivity index (χ4n) is 1.77. The summed E-state index contributed by atoms with van der Waals surface area (Å²) in [6.45, 7) is 7.20. The first-order valence-electron chi connectivity index (χ1n) is 6.52. The van der Waals surface area contributed by atoms with E-state index in [2.05, 4.69) is 13.5 Å². The number of aldehydes is 1. The summed E-state index contributed by atoms with van der Waals surface area (Å²) in [5.74, 6) is -0.457. The standard InChI is InChI=1S/C16H19FO2S/c1-4-6-7-8-12(9-13(17)5-2)16-11(3)15(19)14(10-18)20-16/h5,8-10,19H,2,4,6-7H2,1,3H3/b12-8+,13-9+. The molecule has 0 atom stereocenters. The number of hydrogen-bond donors (Lipinski definition) is 1. The molecule has 0 radical (unpaired) electrons. The fraction of sp³-hybridized carbons (Fsp3) is 0.312. The van der Waals surface area contributed by atoms with Crippen molar-refractivity contribution in [2.24, 2.45) is 0 Å². The van der Waals surface area contributed by atoms with Crippen LogP contribution < -0.4 is 0 Å². The summed E-state index contributed by atoms with van der Waals surface area (Å²) in [7, 11) is 0. The molecule has 0 aliphatic rings. The van der Waals surface area contributed by atoms with E-state index >= 15 is 0 Å². The first-order valence-corrected chi connectivity index (χ1v) is 7.34. The van der Waals surface area contributed by atoms with Gasteiger partial charge in [0.2, 0.25) is 0 Å². The molecule has 0 aliphatic carbocycles. The first kappa shape index (κ1) is 16.4. The van der Waals surface area contributed by atoms with Crippen molar-refractivity contribution in [1.82, 2.24) is 0 Å². The van der Waals surface area contributed by atoms with Crippen LogP contribution in [-0.4, -0.2) is 11.4 Å². The molecule has 1 aromatic rings. The molecule has 0 fully saturated rings. The van der Waals surface area contributed by atoms with E-state index in [-0.39, 0.29) is 10.6 Å². The molecule has 1 aromatic heterocycles. The van der Waals surface area contributed by atoms with Gasteiger partial charge in [0.25, 0.3) is 0 Å². The molecule has 2 nitrogen and oxygen atoms in total. The second-order valence-electron chi connectivity index (χ2n) is 4.42. The van der Waals surface area contributed by atoms with Gasteiger partial charge in [-0.2, -0.15) is 0 Å². The van der Waals surface area contributed by atoms with Gasteiger partial charge < -0.3 is 5.11 Å². The zero-order valence-corrected chi connectivity index (χ0v) is 12.6. The van der Waals surface area contributed by atoms with Crippen molar-refractivity contribution in [1.29, 1.82) is 0 Å². The predicted molar refractivity (Wildman–Crippen MR) is 83.0 cm³/mol. The van der Waals surface area contributed by atoms with Crippen molar-refractivity contribution < 1.29 is 14.3 Å². The number of thiophene rings is 1. The van der Waals surface area contributed by atoms with E-state index in [1.165, 1.54) is 17.4 Å². The van der Waals surface area contributed by atoms with Crippen LogP contribution in [0.25, 0.3) is 5.57 Å². The minimum absolute atomic E-state index is 0.0196. The summed E-state index contributed by atoms with van der Waals surface area (Å²) < 4.78 is 13.5. The van der Waals surface area contributed by atoms with Crippen molar-refractivity contribution in [3.8, 4) is 5.75 Å². The molecule has 0 spiro atoms. The van der Waals surface area contributed by atoms with Crippen molar-refractivity contribution in [3.05, 3.63) is 46.0 Å². The number of rotatable bonds is 7. The Bertz CT molecular complexity index is 553. The Labute approximate surface area is 123 Å². The lowest BCUT2D eigenvalue weighted by Gasteiger charge is -2.02. The normalized spacial score (nSPS) is 12.6. The molecule has 1 N–H and O–H groups in total. The maximum Gasteiger partial charge on any atom is 0.163 e. The minimum atomic E-state index is -0.437. The zero-order chi connectivity index (χ0) is 15.1. The van der Waals surface area contributed by atoms with E-state index in [4.69, 9.17) is 0 Å². The number of hydrogen-bond acceptors (Lipinski definition) is 3. The van der Waals surface area contributed by atoms with Gasteiger partial charge >= 0.3 is 0 Å². The molecule has 0 aliphatic heterocycles. The van der Waals surface area contributed by atoms with Crippen LogP contribution in [0.15, 0.2) is 30.6 Å². The Morgan fingerprint density at radius 1 is 1.50 bits per heavy atom. The average Bonchev–Trinajstić information content (AvgIpc) is 2.74. The highest BCUT2D eigenvalue weighted by atomic mass is 32.1. The van der Waals surface area contributed by atoms with Crippen LogP contribution in [0.1, 0.15) is 46.3 Å². The van der Waals surface area contributed by atoms with Gasteiger partial charge in [0.1, 0.15) is 16.5 Å². The molecular formula is C16H19FO2S. The van der Waals surface area contributed by atoms with E-state index in [1.807, 2.05) is 6.08 Å². The summed E-state index contributed by atoms with van der Waals surface area (Å²) in [5.41, 5.74) is 1.29. The maximum atomic E-state index is 13.5. The maximum absolute atomic E-state index is 13.5. The predicted octanol–water partition coefficient (Wildman–Crippen LogP) is 5.19. The third-order valence-corrected chi connectivity index (χ3v) is 4.18. The lowest BCUT2D eigenvalue weighted by molar-refractivity contribution is 0.112. The van der Waals surface area contributed by atoms with E-state index in [0.29, 0.717) is 17.4 Å². The number of carbonyl (C=O) groups excluding carboxylic acids is 1. The molecule has 0 saturated carbocycles. The monoisotopic (exact) mass is 294 g/mol. The van der Waals surface area contributed by atoms with Gasteiger partial charge in [-0.1, -0.05) is 32.4 Å². The van der Waals surface area contributed by atoms with Crippen LogP contribution in [0, 0.1) is 6.92 Å². The number of aromatic hydroxyl groups is 1. The number of halogens is 1. The third-order valence-electron chi connectivity index (χ3n) is 2.92. The molecule has 0 aromatic carbocycles. The summed E-state index contributed by atoms with van der Waals surface area (Å²) in [4.78, 5) is 11.9. The Morgan fingerprint density at radius 3 is 2.70 bits per heavy atom. The zero-order valence-electron chi connectivity index (χ0n) is 11.8. The highest BCUT2D eigenvalue weighted by Gasteiger charge is 2.16. The fourth-order valence-corrected chi connectivity index (χ4v) is 2.80.